The Kier molecular flexibility index (Phi) is 18.1. The van der Waals surface area contributed by atoms with Gasteiger partial charge in [-0.2, -0.15) is 0 Å². The molecule has 440 valence electrons. The van der Waals surface area contributed by atoms with Crippen LogP contribution in [0, 0.1) is 16.2 Å². The van der Waals surface area contributed by atoms with E-state index < -0.39 is 51.7 Å². The summed E-state index contributed by atoms with van der Waals surface area (Å²) in [6, 6.07) is 11.3. The lowest BCUT2D eigenvalue weighted by molar-refractivity contribution is 0.00616. The molecule has 6 heterocycles. The highest BCUT2D eigenvalue weighted by atomic mass is 32.2. The minimum atomic E-state index is -3.54. The quantitative estimate of drug-likeness (QED) is 0.181. The standard InChI is InChI=1S/C21H33N3O4S.C21H33N3O3S.C16H25N3O2S/c1-19(2,3)28-18(25)24-12-9-21(10-13-24)14-16-15(8-7-11-22-16)17(21)23-29(26,27)20(4,5)6;1-19(2,3)27-18(25)24-12-9-21(10-13-24)14-16-15(8-7-11-22-16)17(21)23-28(26)20(4,5)6;1-15(2,3)22(20,21)19-14-12-5-4-8-18-13(12)11-16(14)6-9-17-10-7-16/h7-8,11,17,23H,9-10,12-14H2,1-6H3;7-8,11,17,23H,9-10,12-14H2,1-6H3;4-5,8,14,17,19H,6-7,9-11H2,1-3H3/t17-;17-,28-;14-/m111/s1. The number of sulfonamides is 2. The minimum Gasteiger partial charge on any atom is -0.444 e. The predicted octanol–water partition coefficient (Wildman–Crippen LogP) is 8.93. The number of hydrogen-bond donors (Lipinski definition) is 4. The molecule has 0 unspecified atom stereocenters. The molecule has 9 rings (SSSR count). The molecule has 0 aromatic carbocycles. The molecule has 18 nitrogen and oxygen atoms in total. The molecule has 3 fully saturated rings. The normalized spacial score (nSPS) is 22.9. The molecule has 4 N–H and O–H groups in total. The highest BCUT2D eigenvalue weighted by Gasteiger charge is 2.53. The molecular weight excluding hydrogens is 1060 g/mol. The van der Waals surface area contributed by atoms with E-state index >= 15 is 0 Å². The van der Waals surface area contributed by atoms with Gasteiger partial charge in [0.15, 0.2) is 0 Å². The van der Waals surface area contributed by atoms with Gasteiger partial charge in [0, 0.05) is 61.9 Å². The molecule has 3 saturated heterocycles. The maximum Gasteiger partial charge on any atom is 0.410 e. The van der Waals surface area contributed by atoms with Gasteiger partial charge in [0.05, 0.1) is 43.4 Å². The highest BCUT2D eigenvalue weighted by Crippen LogP contribution is 2.54. The lowest BCUT2D eigenvalue weighted by Crippen LogP contribution is -2.51. The number of carbonyl (C=O) groups is 2. The van der Waals surface area contributed by atoms with Crippen LogP contribution in [0.2, 0.25) is 0 Å². The highest BCUT2D eigenvalue weighted by molar-refractivity contribution is 7.91. The van der Waals surface area contributed by atoms with Crippen molar-refractivity contribution in [3.05, 3.63) is 88.8 Å². The fraction of sp³-hybridized carbons (Fsp3) is 0.707. The third-order valence-electron chi connectivity index (χ3n) is 16.5. The lowest BCUT2D eigenvalue weighted by atomic mass is 9.73. The van der Waals surface area contributed by atoms with E-state index in [0.717, 1.165) is 85.4 Å². The van der Waals surface area contributed by atoms with Crippen LogP contribution in [0.4, 0.5) is 9.59 Å². The molecule has 0 radical (unpaired) electrons. The van der Waals surface area contributed by atoms with E-state index in [1.54, 1.807) is 63.7 Å². The van der Waals surface area contributed by atoms with Crippen molar-refractivity contribution >= 4 is 43.2 Å². The third kappa shape index (κ3) is 14.2. The summed E-state index contributed by atoms with van der Waals surface area (Å²) in [5, 5.41) is 3.38. The second-order valence-corrected chi connectivity index (χ2v) is 34.6. The second kappa shape index (κ2) is 22.9. The predicted molar refractivity (Wildman–Crippen MR) is 310 cm³/mol. The fourth-order valence-electron chi connectivity index (χ4n) is 11.6. The van der Waals surface area contributed by atoms with E-state index in [9.17, 15) is 30.6 Å². The maximum atomic E-state index is 13.0. The number of likely N-dealkylation sites (tertiary alicyclic amines) is 2. The summed E-state index contributed by atoms with van der Waals surface area (Å²) in [7, 11) is -8.11. The van der Waals surface area contributed by atoms with Crippen LogP contribution in [0.5, 0.6) is 0 Å². The topological polar surface area (TPSA) is 231 Å². The molecule has 0 saturated carbocycles. The van der Waals surface area contributed by atoms with E-state index in [1.165, 1.54) is 0 Å². The third-order valence-corrected chi connectivity index (χ3v) is 22.3. The number of rotatable bonds is 6. The number of ether oxygens (including phenoxy) is 2. The molecule has 3 aliphatic heterocycles. The smallest absolute Gasteiger partial charge is 0.410 e. The first-order valence-corrected chi connectivity index (χ1v) is 32.2. The van der Waals surface area contributed by atoms with Crippen molar-refractivity contribution in [3.8, 4) is 0 Å². The van der Waals surface area contributed by atoms with E-state index in [4.69, 9.17) is 9.47 Å². The number of nitrogens with one attached hydrogen (secondary N) is 4. The number of amides is 2. The number of piperidine rings is 3. The van der Waals surface area contributed by atoms with Crippen LogP contribution in [0.15, 0.2) is 55.0 Å². The van der Waals surface area contributed by atoms with Gasteiger partial charge in [-0.1, -0.05) is 18.2 Å². The van der Waals surface area contributed by atoms with Crippen LogP contribution >= 0.6 is 0 Å². The Bertz CT molecular complexity index is 2920. The van der Waals surface area contributed by atoms with Crippen LogP contribution in [0.25, 0.3) is 0 Å². The summed E-state index contributed by atoms with van der Waals surface area (Å²) in [6.07, 6.45) is 12.2. The Morgan fingerprint density at radius 1 is 0.544 bits per heavy atom. The first-order chi connectivity index (χ1) is 36.4. The largest absolute Gasteiger partial charge is 0.444 e. The molecule has 3 aromatic heterocycles. The number of fused-ring (bicyclic) bond motifs is 3. The summed E-state index contributed by atoms with van der Waals surface area (Å²) < 4.78 is 82.6. The summed E-state index contributed by atoms with van der Waals surface area (Å²) in [5.74, 6) is 0. The van der Waals surface area contributed by atoms with Crippen LogP contribution in [-0.4, -0.2) is 123 Å². The van der Waals surface area contributed by atoms with Gasteiger partial charge in [-0.05, 0) is 226 Å². The number of pyridine rings is 3. The van der Waals surface area contributed by atoms with Gasteiger partial charge < -0.3 is 24.6 Å². The second-order valence-electron chi connectivity index (χ2n) is 27.7. The Hall–Kier alpha value is -4.12. The molecule has 0 bridgehead atoms. The van der Waals surface area contributed by atoms with Gasteiger partial charge in [0.1, 0.15) is 11.2 Å². The zero-order valence-corrected chi connectivity index (χ0v) is 52.1. The van der Waals surface area contributed by atoms with Crippen molar-refractivity contribution < 1.29 is 40.1 Å². The summed E-state index contributed by atoms with van der Waals surface area (Å²) in [6.45, 7) is 31.7. The molecule has 3 spiro atoms. The average molecular weight is 1150 g/mol. The molecule has 2 amide bonds. The van der Waals surface area contributed by atoms with E-state index in [1.807, 2.05) is 98.8 Å². The van der Waals surface area contributed by atoms with Crippen LogP contribution in [-0.2, 0) is 59.8 Å². The Labute approximate surface area is 474 Å². The number of carbonyl (C=O) groups excluding carboxylic acids is 2. The lowest BCUT2D eigenvalue weighted by Gasteiger charge is -2.43. The monoisotopic (exact) mass is 1150 g/mol. The van der Waals surface area contributed by atoms with Gasteiger partial charge in [-0.3, -0.25) is 15.0 Å². The van der Waals surface area contributed by atoms with Gasteiger partial charge in [-0.25, -0.2) is 44.8 Å². The maximum absolute atomic E-state index is 13.0. The van der Waals surface area contributed by atoms with Crippen molar-refractivity contribution in [2.75, 3.05) is 39.3 Å². The Balaban J connectivity index is 0.000000173. The molecular formula is C58H91N9O9S3. The first kappa shape index (κ1) is 62.5. The van der Waals surface area contributed by atoms with Gasteiger partial charge >= 0.3 is 12.2 Å². The van der Waals surface area contributed by atoms with Gasteiger partial charge in [-0.15, -0.1) is 0 Å². The summed E-state index contributed by atoms with van der Waals surface area (Å²) in [5.41, 5.74) is 4.79. The van der Waals surface area contributed by atoms with Crippen LogP contribution < -0.4 is 19.5 Å². The zero-order chi connectivity index (χ0) is 58.4. The van der Waals surface area contributed by atoms with E-state index in [2.05, 4.69) is 40.5 Å². The fourth-order valence-corrected chi connectivity index (χ4v) is 14.7. The molecule has 4 atom stereocenters. The van der Waals surface area contributed by atoms with Crippen LogP contribution in [0.1, 0.15) is 194 Å². The van der Waals surface area contributed by atoms with Gasteiger partial charge in [0.25, 0.3) is 0 Å². The van der Waals surface area contributed by atoms with Crippen molar-refractivity contribution in [1.82, 2.24) is 44.2 Å². The van der Waals surface area contributed by atoms with E-state index in [-0.39, 0.29) is 51.3 Å². The molecule has 3 aliphatic carbocycles. The SMILES string of the molecule is CC(C)(C)OC(=O)N1CCC2(CC1)Cc1ncccc1[C@H]2NS(=O)(=O)C(C)(C)C.CC(C)(C)OC(=O)N1CCC2(CC1)Cc1ncccc1[C@H]2N[S@](=O)C(C)(C)C.CC(C)(C)S(=O)(=O)N[C@@H]1c2cccnc2CC12CCNCC2. The zero-order valence-electron chi connectivity index (χ0n) is 49.7. The number of nitrogens with zero attached hydrogens (tertiary/aromatic N) is 5. The van der Waals surface area contributed by atoms with Crippen molar-refractivity contribution in [2.24, 2.45) is 16.2 Å². The molecule has 21 heteroatoms. The number of hydrogen-bond acceptors (Lipinski definition) is 13. The van der Waals surface area contributed by atoms with Crippen molar-refractivity contribution in [1.29, 1.82) is 0 Å². The van der Waals surface area contributed by atoms with Crippen molar-refractivity contribution in [2.45, 2.75) is 205 Å². The van der Waals surface area contributed by atoms with E-state index in [0.29, 0.717) is 45.4 Å². The first-order valence-electron chi connectivity index (χ1n) is 28.1. The molecule has 6 aliphatic rings. The van der Waals surface area contributed by atoms with Crippen LogP contribution in [0.3, 0.4) is 0 Å². The molecule has 79 heavy (non-hydrogen) atoms. The Morgan fingerprint density at radius 3 is 1.18 bits per heavy atom. The minimum absolute atomic E-state index is 0.0166. The average Bonchev–Trinajstić information content (AvgIpc) is 4.17. The number of aromatic nitrogens is 3. The summed E-state index contributed by atoms with van der Waals surface area (Å²) in [4.78, 5) is 42.0. The Morgan fingerprint density at radius 2 is 0.861 bits per heavy atom. The summed E-state index contributed by atoms with van der Waals surface area (Å²) >= 11 is 0. The molecule has 3 aromatic rings. The van der Waals surface area contributed by atoms with Gasteiger partial charge in [0.2, 0.25) is 20.0 Å². The van der Waals surface area contributed by atoms with Crippen molar-refractivity contribution in [3.63, 3.8) is 0 Å².